The normalized spacial score (nSPS) is 23.7. The molecule has 4 rings (SSSR count). The molecule has 0 saturated carbocycles. The van der Waals surface area contributed by atoms with Crippen LogP contribution in [0.5, 0.6) is 5.88 Å². The lowest BCUT2D eigenvalue weighted by Crippen LogP contribution is -2.54. The number of nitrogens with zero attached hydrogens (tertiary/aromatic N) is 2. The SMILES string of the molecule is C=C(NCc1cccc(C(F)(F)F)c1)C1(C(C)C)CCC(N2CCC(c3ccnc(OC)c3)CC2)CO1. The molecule has 0 amide bonds. The van der Waals surface area contributed by atoms with Crippen molar-refractivity contribution in [2.75, 3.05) is 26.8 Å². The predicted octanol–water partition coefficient (Wildman–Crippen LogP) is 6.17. The number of rotatable bonds is 8. The van der Waals surface area contributed by atoms with Crippen LogP contribution >= 0.6 is 0 Å². The van der Waals surface area contributed by atoms with Crippen LogP contribution in [-0.2, 0) is 17.5 Å². The fraction of sp³-hybridized carbons (Fsp3) is 0.552. The molecule has 2 fully saturated rings. The first-order valence-electron chi connectivity index (χ1n) is 13.1. The van der Waals surface area contributed by atoms with Crippen LogP contribution in [0.2, 0.25) is 0 Å². The van der Waals surface area contributed by atoms with Gasteiger partial charge in [-0.05, 0) is 79.9 Å². The summed E-state index contributed by atoms with van der Waals surface area (Å²) < 4.78 is 51.1. The van der Waals surface area contributed by atoms with E-state index in [0.717, 1.165) is 50.5 Å². The number of benzene rings is 1. The zero-order chi connectivity index (χ0) is 26.6. The third-order valence-corrected chi connectivity index (χ3v) is 8.07. The van der Waals surface area contributed by atoms with Gasteiger partial charge in [0.15, 0.2) is 0 Å². The second-order valence-electron chi connectivity index (χ2n) is 10.5. The number of hydrogen-bond acceptors (Lipinski definition) is 5. The van der Waals surface area contributed by atoms with Gasteiger partial charge in [-0.3, -0.25) is 4.90 Å². The number of nitrogens with one attached hydrogen (secondary N) is 1. The third-order valence-electron chi connectivity index (χ3n) is 8.07. The maximum Gasteiger partial charge on any atom is 0.416 e. The maximum absolute atomic E-state index is 13.1. The lowest BCUT2D eigenvalue weighted by molar-refractivity contribution is -0.137. The highest BCUT2D eigenvalue weighted by Crippen LogP contribution is 2.39. The zero-order valence-corrected chi connectivity index (χ0v) is 22.0. The van der Waals surface area contributed by atoms with Crippen molar-refractivity contribution < 1.29 is 22.6 Å². The number of alkyl halides is 3. The molecule has 5 nitrogen and oxygen atoms in total. The van der Waals surface area contributed by atoms with Gasteiger partial charge in [0.05, 0.1) is 19.3 Å². The molecule has 1 aromatic carbocycles. The molecule has 1 N–H and O–H groups in total. The Morgan fingerprint density at radius 2 is 1.97 bits per heavy atom. The van der Waals surface area contributed by atoms with E-state index in [-0.39, 0.29) is 12.5 Å². The summed E-state index contributed by atoms with van der Waals surface area (Å²) in [7, 11) is 1.64. The van der Waals surface area contributed by atoms with Gasteiger partial charge in [-0.25, -0.2) is 4.98 Å². The standard InChI is InChI=1S/C29H38F3N3O2/c1-20(2)28(21(3)34-18-22-6-5-7-25(16-22)29(30,31)32)12-8-26(19-37-28)35-14-10-23(11-15-35)24-9-13-33-27(17-24)36-4/h5-7,9,13,16-17,20,23,26,34H,3,8,10-12,14-15,18-19H2,1-2,4H3. The van der Waals surface area contributed by atoms with E-state index in [1.54, 1.807) is 13.2 Å². The molecule has 1 aromatic heterocycles. The Kier molecular flexibility index (Phi) is 8.49. The third kappa shape index (κ3) is 6.29. The van der Waals surface area contributed by atoms with E-state index >= 15 is 0 Å². The summed E-state index contributed by atoms with van der Waals surface area (Å²) in [6.07, 6.45) is 1.46. The fourth-order valence-electron chi connectivity index (χ4n) is 5.72. The summed E-state index contributed by atoms with van der Waals surface area (Å²) in [4.78, 5) is 6.76. The topological polar surface area (TPSA) is 46.6 Å². The van der Waals surface area contributed by atoms with Gasteiger partial charge in [-0.2, -0.15) is 13.2 Å². The van der Waals surface area contributed by atoms with Gasteiger partial charge in [0.25, 0.3) is 0 Å². The second kappa shape index (κ2) is 11.4. The van der Waals surface area contributed by atoms with Gasteiger partial charge in [0.2, 0.25) is 5.88 Å². The van der Waals surface area contributed by atoms with Crippen LogP contribution in [0, 0.1) is 5.92 Å². The Morgan fingerprint density at radius 1 is 1.22 bits per heavy atom. The largest absolute Gasteiger partial charge is 0.481 e. The summed E-state index contributed by atoms with van der Waals surface area (Å²) in [6, 6.07) is 9.90. The Labute approximate surface area is 218 Å². The van der Waals surface area contributed by atoms with Crippen LogP contribution in [-0.4, -0.2) is 48.3 Å². The van der Waals surface area contributed by atoms with Crippen LogP contribution in [0.1, 0.15) is 62.1 Å². The summed E-state index contributed by atoms with van der Waals surface area (Å²) in [5.41, 5.74) is 1.42. The zero-order valence-electron chi connectivity index (χ0n) is 22.0. The molecule has 3 heterocycles. The number of aromatic nitrogens is 1. The number of pyridine rings is 1. The van der Waals surface area contributed by atoms with Crippen LogP contribution in [0.15, 0.2) is 54.9 Å². The highest BCUT2D eigenvalue weighted by atomic mass is 19.4. The van der Waals surface area contributed by atoms with Gasteiger partial charge in [-0.1, -0.05) is 32.6 Å². The molecule has 2 atom stereocenters. The monoisotopic (exact) mass is 517 g/mol. The van der Waals surface area contributed by atoms with E-state index in [0.29, 0.717) is 30.0 Å². The van der Waals surface area contributed by atoms with Crippen LogP contribution in [0.3, 0.4) is 0 Å². The van der Waals surface area contributed by atoms with E-state index < -0.39 is 17.3 Å². The van der Waals surface area contributed by atoms with Gasteiger partial charge in [-0.15, -0.1) is 0 Å². The Morgan fingerprint density at radius 3 is 2.59 bits per heavy atom. The van der Waals surface area contributed by atoms with Crippen molar-refractivity contribution in [1.29, 1.82) is 0 Å². The molecular weight excluding hydrogens is 479 g/mol. The lowest BCUT2D eigenvalue weighted by atomic mass is 9.79. The number of ether oxygens (including phenoxy) is 2. The van der Waals surface area contributed by atoms with Crippen LogP contribution < -0.4 is 10.1 Å². The Hall–Kier alpha value is -2.58. The van der Waals surface area contributed by atoms with Crippen molar-refractivity contribution in [3.8, 4) is 5.88 Å². The first kappa shape index (κ1) is 27.5. The van der Waals surface area contributed by atoms with Crippen molar-refractivity contribution in [2.45, 2.75) is 69.8 Å². The minimum absolute atomic E-state index is 0.183. The molecule has 2 unspecified atom stereocenters. The van der Waals surface area contributed by atoms with Gasteiger partial charge < -0.3 is 14.8 Å². The number of hydrogen-bond donors (Lipinski definition) is 1. The van der Waals surface area contributed by atoms with Gasteiger partial charge >= 0.3 is 6.18 Å². The molecule has 37 heavy (non-hydrogen) atoms. The molecule has 0 aliphatic carbocycles. The van der Waals surface area contributed by atoms with Crippen molar-refractivity contribution >= 4 is 0 Å². The van der Waals surface area contributed by atoms with E-state index in [4.69, 9.17) is 9.47 Å². The second-order valence-corrected chi connectivity index (χ2v) is 10.5. The van der Waals surface area contributed by atoms with Crippen molar-refractivity contribution in [2.24, 2.45) is 5.92 Å². The van der Waals surface area contributed by atoms with Crippen LogP contribution in [0.4, 0.5) is 13.2 Å². The molecule has 2 aliphatic heterocycles. The highest BCUT2D eigenvalue weighted by Gasteiger charge is 2.43. The minimum Gasteiger partial charge on any atom is -0.481 e. The van der Waals surface area contributed by atoms with Crippen molar-refractivity contribution in [3.63, 3.8) is 0 Å². The Bertz CT molecular complexity index is 1060. The van der Waals surface area contributed by atoms with Crippen LogP contribution in [0.25, 0.3) is 0 Å². The average molecular weight is 518 g/mol. The van der Waals surface area contributed by atoms with E-state index in [2.05, 4.69) is 41.7 Å². The number of halogens is 3. The van der Waals surface area contributed by atoms with Gasteiger partial charge in [0, 0.05) is 30.5 Å². The minimum atomic E-state index is -4.35. The summed E-state index contributed by atoms with van der Waals surface area (Å²) in [5.74, 6) is 1.35. The molecule has 202 valence electrons. The Balaban J connectivity index is 1.32. The van der Waals surface area contributed by atoms with E-state index in [1.165, 1.54) is 17.7 Å². The number of methoxy groups -OCH3 is 1. The van der Waals surface area contributed by atoms with Crippen molar-refractivity contribution in [1.82, 2.24) is 15.2 Å². The predicted molar refractivity (Wildman–Crippen MR) is 138 cm³/mol. The smallest absolute Gasteiger partial charge is 0.416 e. The molecular formula is C29H38F3N3O2. The number of likely N-dealkylation sites (tertiary alicyclic amines) is 1. The van der Waals surface area contributed by atoms with E-state index in [1.807, 2.05) is 12.3 Å². The fourth-order valence-corrected chi connectivity index (χ4v) is 5.72. The summed E-state index contributed by atoms with van der Waals surface area (Å²) in [6.45, 7) is 11.4. The summed E-state index contributed by atoms with van der Waals surface area (Å²) >= 11 is 0. The molecule has 2 saturated heterocycles. The molecule has 8 heteroatoms. The van der Waals surface area contributed by atoms with E-state index in [9.17, 15) is 13.2 Å². The quantitative estimate of drug-likeness (QED) is 0.454. The molecule has 2 aliphatic rings. The first-order valence-corrected chi connectivity index (χ1v) is 13.1. The van der Waals surface area contributed by atoms with Gasteiger partial charge in [0.1, 0.15) is 5.60 Å². The average Bonchev–Trinajstić information content (AvgIpc) is 2.91. The molecule has 2 aromatic rings. The lowest BCUT2D eigenvalue weighted by Gasteiger charge is -2.48. The number of piperidine rings is 1. The highest BCUT2D eigenvalue weighted by molar-refractivity contribution is 5.27. The van der Waals surface area contributed by atoms with Crippen molar-refractivity contribution in [3.05, 3.63) is 71.6 Å². The first-order chi connectivity index (χ1) is 17.6. The maximum atomic E-state index is 13.1. The molecule has 0 bridgehead atoms. The molecule has 0 spiro atoms. The molecule has 0 radical (unpaired) electrons. The summed E-state index contributed by atoms with van der Waals surface area (Å²) in [5, 5.41) is 3.28.